The Morgan fingerprint density at radius 1 is 1.16 bits per heavy atom. The highest BCUT2D eigenvalue weighted by Crippen LogP contribution is 2.23. The quantitative estimate of drug-likeness (QED) is 0.818. The van der Waals surface area contributed by atoms with Gasteiger partial charge in [0.1, 0.15) is 0 Å². The van der Waals surface area contributed by atoms with E-state index >= 15 is 0 Å². The molecule has 1 aromatic carbocycles. The Kier molecular flexibility index (Phi) is 6.02. The van der Waals surface area contributed by atoms with Crippen LogP contribution in [0.1, 0.15) is 64.6 Å². The fourth-order valence-electron chi connectivity index (χ4n) is 2.06. The Labute approximate surface area is 118 Å². The van der Waals surface area contributed by atoms with Crippen molar-refractivity contribution < 1.29 is 5.11 Å². The summed E-state index contributed by atoms with van der Waals surface area (Å²) in [4.78, 5) is 0. The molecule has 0 aromatic heterocycles. The third-order valence-electron chi connectivity index (χ3n) is 3.68. The minimum Gasteiger partial charge on any atom is -0.393 e. The summed E-state index contributed by atoms with van der Waals surface area (Å²) >= 11 is 0. The average molecular weight is 263 g/mol. The van der Waals surface area contributed by atoms with E-state index in [0.717, 1.165) is 19.4 Å². The molecule has 0 bridgehead atoms. The Morgan fingerprint density at radius 2 is 1.74 bits per heavy atom. The van der Waals surface area contributed by atoms with E-state index in [1.165, 1.54) is 11.1 Å². The summed E-state index contributed by atoms with van der Waals surface area (Å²) in [5, 5.41) is 13.0. The van der Waals surface area contributed by atoms with Crippen LogP contribution in [0.5, 0.6) is 0 Å². The van der Waals surface area contributed by atoms with Crippen LogP contribution >= 0.6 is 0 Å². The Hall–Kier alpha value is -0.860. The molecule has 0 aliphatic heterocycles. The van der Waals surface area contributed by atoms with Gasteiger partial charge in [0.2, 0.25) is 0 Å². The molecule has 2 atom stereocenters. The highest BCUT2D eigenvalue weighted by atomic mass is 16.3. The van der Waals surface area contributed by atoms with Gasteiger partial charge in [0.05, 0.1) is 6.10 Å². The summed E-state index contributed by atoms with van der Waals surface area (Å²) in [6.07, 6.45) is 1.47. The van der Waals surface area contributed by atoms with Crippen molar-refractivity contribution in [3.63, 3.8) is 0 Å². The van der Waals surface area contributed by atoms with Gasteiger partial charge in [-0.15, -0.1) is 0 Å². The first-order valence-corrected chi connectivity index (χ1v) is 7.36. The van der Waals surface area contributed by atoms with Crippen LogP contribution in [0, 0.1) is 0 Å². The summed E-state index contributed by atoms with van der Waals surface area (Å²) in [5.74, 6) is 0. The highest BCUT2D eigenvalue weighted by molar-refractivity contribution is 5.28. The molecule has 2 heteroatoms. The Balaban J connectivity index is 2.51. The lowest BCUT2D eigenvalue weighted by molar-refractivity contribution is 0.159. The van der Waals surface area contributed by atoms with E-state index < -0.39 is 0 Å². The molecule has 108 valence electrons. The number of benzene rings is 1. The van der Waals surface area contributed by atoms with Crippen LogP contribution in [0.2, 0.25) is 0 Å². The largest absolute Gasteiger partial charge is 0.393 e. The van der Waals surface area contributed by atoms with Crippen molar-refractivity contribution >= 4 is 0 Å². The minimum absolute atomic E-state index is 0.178. The number of aliphatic hydroxyl groups excluding tert-OH is 1. The first-order chi connectivity index (χ1) is 8.84. The van der Waals surface area contributed by atoms with Gasteiger partial charge < -0.3 is 10.4 Å². The van der Waals surface area contributed by atoms with Gasteiger partial charge >= 0.3 is 0 Å². The van der Waals surface area contributed by atoms with Crippen molar-refractivity contribution in [2.45, 2.75) is 65.0 Å². The van der Waals surface area contributed by atoms with E-state index in [4.69, 9.17) is 0 Å². The molecule has 0 saturated heterocycles. The SMILES string of the molecule is CCC(O)CCNC(C)c1ccc(C(C)(C)C)cc1. The zero-order chi connectivity index (χ0) is 14.5. The van der Waals surface area contributed by atoms with Crippen LogP contribution in [0.4, 0.5) is 0 Å². The molecule has 19 heavy (non-hydrogen) atoms. The van der Waals surface area contributed by atoms with E-state index in [0.29, 0.717) is 6.04 Å². The molecule has 0 heterocycles. The zero-order valence-corrected chi connectivity index (χ0v) is 13.0. The molecule has 2 unspecified atom stereocenters. The van der Waals surface area contributed by atoms with Gasteiger partial charge in [-0.1, -0.05) is 52.0 Å². The first kappa shape index (κ1) is 16.2. The maximum atomic E-state index is 9.53. The van der Waals surface area contributed by atoms with Crippen LogP contribution in [-0.2, 0) is 5.41 Å². The van der Waals surface area contributed by atoms with Crippen molar-refractivity contribution in [3.8, 4) is 0 Å². The smallest absolute Gasteiger partial charge is 0.0549 e. The maximum absolute atomic E-state index is 9.53. The molecule has 0 radical (unpaired) electrons. The number of nitrogens with one attached hydrogen (secondary N) is 1. The van der Waals surface area contributed by atoms with Crippen molar-refractivity contribution in [2.24, 2.45) is 0 Å². The lowest BCUT2D eigenvalue weighted by Crippen LogP contribution is -2.23. The number of hydrogen-bond donors (Lipinski definition) is 2. The van der Waals surface area contributed by atoms with Crippen molar-refractivity contribution in [2.75, 3.05) is 6.54 Å². The second kappa shape index (κ2) is 7.06. The molecule has 0 saturated carbocycles. The van der Waals surface area contributed by atoms with Crippen LogP contribution < -0.4 is 5.32 Å². The van der Waals surface area contributed by atoms with E-state index in [1.807, 2.05) is 6.92 Å². The summed E-state index contributed by atoms with van der Waals surface area (Å²) in [5.41, 5.74) is 2.88. The predicted octanol–water partition coefficient (Wildman–Crippen LogP) is 3.80. The Bertz CT molecular complexity index is 364. The third-order valence-corrected chi connectivity index (χ3v) is 3.68. The molecule has 1 rings (SSSR count). The second-order valence-electron chi connectivity index (χ2n) is 6.40. The lowest BCUT2D eigenvalue weighted by Gasteiger charge is -2.21. The number of aliphatic hydroxyl groups is 1. The first-order valence-electron chi connectivity index (χ1n) is 7.36. The maximum Gasteiger partial charge on any atom is 0.0549 e. The molecule has 0 aliphatic carbocycles. The summed E-state index contributed by atoms with van der Waals surface area (Å²) < 4.78 is 0. The van der Waals surface area contributed by atoms with Crippen LogP contribution in [0.3, 0.4) is 0 Å². The molecule has 0 amide bonds. The molecule has 1 aromatic rings. The van der Waals surface area contributed by atoms with Gasteiger partial charge in [0.15, 0.2) is 0 Å². The van der Waals surface area contributed by atoms with E-state index in [9.17, 15) is 5.11 Å². The fourth-order valence-corrected chi connectivity index (χ4v) is 2.06. The topological polar surface area (TPSA) is 32.3 Å². The van der Waals surface area contributed by atoms with Crippen molar-refractivity contribution in [3.05, 3.63) is 35.4 Å². The lowest BCUT2D eigenvalue weighted by atomic mass is 9.86. The molecular weight excluding hydrogens is 234 g/mol. The fraction of sp³-hybridized carbons (Fsp3) is 0.647. The zero-order valence-electron chi connectivity index (χ0n) is 13.0. The van der Waals surface area contributed by atoms with Crippen LogP contribution in [0.15, 0.2) is 24.3 Å². The average Bonchev–Trinajstić information content (AvgIpc) is 2.37. The standard InChI is InChI=1S/C17H29NO/c1-6-16(19)11-12-18-13(2)14-7-9-15(10-8-14)17(3,4)5/h7-10,13,16,18-19H,6,11-12H2,1-5H3. The molecule has 2 N–H and O–H groups in total. The summed E-state index contributed by atoms with van der Waals surface area (Å²) in [6.45, 7) is 11.7. The van der Waals surface area contributed by atoms with Gasteiger partial charge in [-0.2, -0.15) is 0 Å². The third kappa shape index (κ3) is 5.33. The molecule has 2 nitrogen and oxygen atoms in total. The van der Waals surface area contributed by atoms with Gasteiger partial charge in [0.25, 0.3) is 0 Å². The van der Waals surface area contributed by atoms with E-state index in [1.54, 1.807) is 0 Å². The molecule has 0 spiro atoms. The Morgan fingerprint density at radius 3 is 2.21 bits per heavy atom. The van der Waals surface area contributed by atoms with Gasteiger partial charge in [-0.3, -0.25) is 0 Å². The van der Waals surface area contributed by atoms with E-state index in [-0.39, 0.29) is 11.5 Å². The number of hydrogen-bond acceptors (Lipinski definition) is 2. The minimum atomic E-state index is -0.178. The van der Waals surface area contributed by atoms with Crippen LogP contribution in [0.25, 0.3) is 0 Å². The summed E-state index contributed by atoms with van der Waals surface area (Å²) in [7, 11) is 0. The normalized spacial score (nSPS) is 15.3. The van der Waals surface area contributed by atoms with Gasteiger partial charge in [0, 0.05) is 6.04 Å². The predicted molar refractivity (Wildman–Crippen MR) is 82.5 cm³/mol. The second-order valence-corrected chi connectivity index (χ2v) is 6.40. The highest BCUT2D eigenvalue weighted by Gasteiger charge is 2.14. The monoisotopic (exact) mass is 263 g/mol. The van der Waals surface area contributed by atoms with Crippen LogP contribution in [-0.4, -0.2) is 17.8 Å². The molecular formula is C17H29NO. The van der Waals surface area contributed by atoms with Gasteiger partial charge in [-0.25, -0.2) is 0 Å². The molecule has 0 aliphatic rings. The molecule has 0 fully saturated rings. The van der Waals surface area contributed by atoms with Gasteiger partial charge in [-0.05, 0) is 42.9 Å². The van der Waals surface area contributed by atoms with Crippen molar-refractivity contribution in [1.82, 2.24) is 5.32 Å². The number of rotatable bonds is 6. The van der Waals surface area contributed by atoms with E-state index in [2.05, 4.69) is 57.3 Å². The van der Waals surface area contributed by atoms with Crippen molar-refractivity contribution in [1.29, 1.82) is 0 Å². The summed E-state index contributed by atoms with van der Waals surface area (Å²) in [6, 6.07) is 9.17.